The quantitative estimate of drug-likeness (QED) is 0.505. The molecule has 0 aromatic heterocycles. The predicted octanol–water partition coefficient (Wildman–Crippen LogP) is 3.85. The molecule has 0 radical (unpaired) electrons. The summed E-state index contributed by atoms with van der Waals surface area (Å²) in [7, 11) is 6.31. The van der Waals surface area contributed by atoms with E-state index in [2.05, 4.69) is 5.32 Å². The van der Waals surface area contributed by atoms with Gasteiger partial charge in [-0.2, -0.15) is 5.10 Å². The van der Waals surface area contributed by atoms with Crippen molar-refractivity contribution in [2.75, 3.05) is 48.1 Å². The zero-order valence-corrected chi connectivity index (χ0v) is 23.2. The molecule has 1 atom stereocenters. The largest absolute Gasteiger partial charge is 0.497 e. The Morgan fingerprint density at radius 3 is 2.26 bits per heavy atom. The molecule has 1 aliphatic heterocycles. The second kappa shape index (κ2) is 12.6. The summed E-state index contributed by atoms with van der Waals surface area (Å²) in [5.41, 5.74) is 2.02. The van der Waals surface area contributed by atoms with Gasteiger partial charge in [-0.1, -0.05) is 6.07 Å². The first-order chi connectivity index (χ1) is 18.1. The molecule has 10 nitrogen and oxygen atoms in total. The number of hydrogen-bond acceptors (Lipinski definition) is 7. The second-order valence-electron chi connectivity index (χ2n) is 9.94. The van der Waals surface area contributed by atoms with Gasteiger partial charge in [0.05, 0.1) is 39.7 Å². The zero-order valence-electron chi connectivity index (χ0n) is 23.2. The number of amides is 3. The molecule has 0 saturated heterocycles. The van der Waals surface area contributed by atoms with Crippen LogP contribution in [0.25, 0.3) is 0 Å². The highest BCUT2D eigenvalue weighted by molar-refractivity contribution is 6.03. The minimum absolute atomic E-state index is 0.158. The number of hydrogen-bond donors (Lipinski definition) is 1. The van der Waals surface area contributed by atoms with Gasteiger partial charge in [-0.15, -0.1) is 0 Å². The fourth-order valence-corrected chi connectivity index (χ4v) is 4.11. The van der Waals surface area contributed by atoms with Gasteiger partial charge in [0.1, 0.15) is 12.3 Å². The number of hydrazone groups is 1. The highest BCUT2D eigenvalue weighted by Crippen LogP contribution is 2.37. The van der Waals surface area contributed by atoms with E-state index in [1.165, 1.54) is 9.91 Å². The van der Waals surface area contributed by atoms with Crippen LogP contribution in [0.1, 0.15) is 44.4 Å². The van der Waals surface area contributed by atoms with Crippen LogP contribution in [0.3, 0.4) is 0 Å². The second-order valence-corrected chi connectivity index (χ2v) is 9.94. The van der Waals surface area contributed by atoms with Gasteiger partial charge in [-0.05, 0) is 68.3 Å². The molecule has 2 aromatic carbocycles. The van der Waals surface area contributed by atoms with Gasteiger partial charge in [0.15, 0.2) is 11.5 Å². The number of rotatable bonds is 10. The Morgan fingerprint density at radius 1 is 1.00 bits per heavy atom. The monoisotopic (exact) mass is 526 g/mol. The highest BCUT2D eigenvalue weighted by Gasteiger charge is 2.35. The molecule has 10 heteroatoms. The third kappa shape index (κ3) is 7.16. The van der Waals surface area contributed by atoms with Crippen molar-refractivity contribution in [2.45, 2.75) is 38.8 Å². The van der Waals surface area contributed by atoms with E-state index in [1.54, 1.807) is 28.4 Å². The van der Waals surface area contributed by atoms with E-state index in [9.17, 15) is 9.59 Å². The molecule has 3 amide bonds. The lowest BCUT2D eigenvalue weighted by atomic mass is 9.98. The third-order valence-corrected chi connectivity index (χ3v) is 6.04. The highest BCUT2D eigenvalue weighted by atomic mass is 16.5. The number of carbonyl (C=O) groups excluding carboxylic acids is 2. The van der Waals surface area contributed by atoms with E-state index in [0.29, 0.717) is 24.5 Å². The SMILES string of the molecule is COCCN(CC(=O)N1N=C(c2ccc(OC)cc2)C[C@@H]1c1ccc(OC)c(OC)c1)C(=O)NC(C)(C)C. The molecule has 0 unspecified atom stereocenters. The number of carbonyl (C=O) groups is 2. The summed E-state index contributed by atoms with van der Waals surface area (Å²) in [5.74, 6) is 1.57. The van der Waals surface area contributed by atoms with Gasteiger partial charge in [0.25, 0.3) is 5.91 Å². The van der Waals surface area contributed by atoms with Crippen molar-refractivity contribution >= 4 is 17.6 Å². The zero-order chi connectivity index (χ0) is 27.9. The first-order valence-electron chi connectivity index (χ1n) is 12.4. The Kier molecular flexibility index (Phi) is 9.57. The standard InChI is InChI=1S/C28H38N4O6/c1-28(2,3)29-27(34)31(14-15-35-4)18-26(33)32-23(20-10-13-24(37-6)25(16-20)38-7)17-22(30-32)19-8-11-21(36-5)12-9-19/h8-13,16,23H,14-15,17-18H2,1-7H3,(H,29,34)/t23-/m1/s1. The molecule has 38 heavy (non-hydrogen) atoms. The Hall–Kier alpha value is -3.79. The molecule has 3 rings (SSSR count). The van der Waals surface area contributed by atoms with Crippen LogP contribution in [-0.2, 0) is 9.53 Å². The molecule has 0 saturated carbocycles. The topological polar surface area (TPSA) is 102 Å². The number of benzene rings is 2. The Balaban J connectivity index is 1.95. The average Bonchev–Trinajstić information content (AvgIpc) is 3.35. The lowest BCUT2D eigenvalue weighted by Crippen LogP contribution is -2.52. The number of urea groups is 1. The number of ether oxygens (including phenoxy) is 4. The van der Waals surface area contributed by atoms with Crippen LogP contribution in [0.5, 0.6) is 17.2 Å². The molecule has 0 fully saturated rings. The van der Waals surface area contributed by atoms with Crippen molar-refractivity contribution in [3.63, 3.8) is 0 Å². The minimum Gasteiger partial charge on any atom is -0.497 e. The fourth-order valence-electron chi connectivity index (χ4n) is 4.11. The van der Waals surface area contributed by atoms with Crippen LogP contribution < -0.4 is 19.5 Å². The summed E-state index contributed by atoms with van der Waals surface area (Å²) in [5, 5.41) is 9.12. The van der Waals surface area contributed by atoms with Gasteiger partial charge in [-0.25, -0.2) is 9.80 Å². The molecule has 1 N–H and O–H groups in total. The van der Waals surface area contributed by atoms with Crippen LogP contribution in [0.15, 0.2) is 47.6 Å². The molecule has 1 aliphatic rings. The Bertz CT molecular complexity index is 1140. The summed E-state index contributed by atoms with van der Waals surface area (Å²) < 4.78 is 21.3. The summed E-state index contributed by atoms with van der Waals surface area (Å²) in [4.78, 5) is 28.1. The number of nitrogens with one attached hydrogen (secondary N) is 1. The van der Waals surface area contributed by atoms with Gasteiger partial charge in [-0.3, -0.25) is 4.79 Å². The van der Waals surface area contributed by atoms with Crippen molar-refractivity contribution < 1.29 is 28.5 Å². The molecule has 2 aromatic rings. The van der Waals surface area contributed by atoms with Crippen LogP contribution >= 0.6 is 0 Å². The lowest BCUT2D eigenvalue weighted by Gasteiger charge is -2.30. The third-order valence-electron chi connectivity index (χ3n) is 6.04. The van der Waals surface area contributed by atoms with Gasteiger partial charge in [0, 0.05) is 25.6 Å². The van der Waals surface area contributed by atoms with Crippen LogP contribution in [0, 0.1) is 0 Å². The number of methoxy groups -OCH3 is 4. The van der Waals surface area contributed by atoms with Crippen LogP contribution in [0.2, 0.25) is 0 Å². The van der Waals surface area contributed by atoms with Gasteiger partial charge < -0.3 is 29.2 Å². The van der Waals surface area contributed by atoms with Crippen LogP contribution in [0.4, 0.5) is 4.79 Å². The number of nitrogens with zero attached hydrogens (tertiary/aromatic N) is 3. The maximum Gasteiger partial charge on any atom is 0.318 e. The molecular weight excluding hydrogens is 488 g/mol. The van der Waals surface area contributed by atoms with Crippen molar-refractivity contribution in [1.82, 2.24) is 15.2 Å². The van der Waals surface area contributed by atoms with E-state index in [4.69, 9.17) is 24.0 Å². The molecule has 1 heterocycles. The normalized spacial score (nSPS) is 15.1. The van der Waals surface area contributed by atoms with E-state index in [-0.39, 0.29) is 25.0 Å². The maximum atomic E-state index is 13.7. The van der Waals surface area contributed by atoms with E-state index < -0.39 is 11.6 Å². The Labute approximate surface area is 224 Å². The molecule has 0 aliphatic carbocycles. The summed E-state index contributed by atoms with van der Waals surface area (Å²) in [6.45, 7) is 6.06. The van der Waals surface area contributed by atoms with Crippen LogP contribution in [-0.4, -0.2) is 81.2 Å². The average molecular weight is 527 g/mol. The van der Waals surface area contributed by atoms with Crippen molar-refractivity contribution in [2.24, 2.45) is 5.10 Å². The molecule has 0 bridgehead atoms. The molecule has 206 valence electrons. The summed E-state index contributed by atoms with van der Waals surface area (Å²) in [6.07, 6.45) is 0.486. The molecular formula is C28H38N4O6. The molecule has 0 spiro atoms. The van der Waals surface area contributed by atoms with E-state index >= 15 is 0 Å². The van der Waals surface area contributed by atoms with E-state index in [0.717, 1.165) is 22.6 Å². The minimum atomic E-state index is -0.457. The lowest BCUT2D eigenvalue weighted by molar-refractivity contribution is -0.133. The first kappa shape index (κ1) is 28.8. The maximum absolute atomic E-state index is 13.7. The van der Waals surface area contributed by atoms with Crippen molar-refractivity contribution in [3.05, 3.63) is 53.6 Å². The van der Waals surface area contributed by atoms with E-state index in [1.807, 2.05) is 63.2 Å². The van der Waals surface area contributed by atoms with Gasteiger partial charge in [0.2, 0.25) is 0 Å². The first-order valence-corrected chi connectivity index (χ1v) is 12.4. The summed E-state index contributed by atoms with van der Waals surface area (Å²) >= 11 is 0. The van der Waals surface area contributed by atoms with Gasteiger partial charge >= 0.3 is 6.03 Å². The fraction of sp³-hybridized carbons (Fsp3) is 0.464. The Morgan fingerprint density at radius 2 is 1.68 bits per heavy atom. The smallest absolute Gasteiger partial charge is 0.318 e. The summed E-state index contributed by atoms with van der Waals surface area (Å²) in [6, 6.07) is 12.4. The predicted molar refractivity (Wildman–Crippen MR) is 145 cm³/mol. The van der Waals surface area contributed by atoms with Crippen molar-refractivity contribution in [3.8, 4) is 17.2 Å². The van der Waals surface area contributed by atoms with Crippen molar-refractivity contribution in [1.29, 1.82) is 0 Å².